The van der Waals surface area contributed by atoms with E-state index in [1.54, 1.807) is 0 Å². The van der Waals surface area contributed by atoms with E-state index in [0.29, 0.717) is 0 Å². The second-order valence-electron chi connectivity index (χ2n) is 12.9. The largest absolute Gasteiger partial charge is 0.309 e. The Balaban J connectivity index is 1.38. The van der Waals surface area contributed by atoms with Crippen LogP contribution >= 0.6 is 0 Å². The lowest BCUT2D eigenvalue weighted by molar-refractivity contribution is 1.30. The lowest BCUT2D eigenvalue weighted by Crippen LogP contribution is -2.12. The highest BCUT2D eigenvalue weighted by molar-refractivity contribution is 6.15. The molecule has 0 unspecified atom stereocenters. The minimum atomic E-state index is 1.10. The highest BCUT2D eigenvalue weighted by Gasteiger charge is 2.24. The lowest BCUT2D eigenvalue weighted by atomic mass is 9.87. The van der Waals surface area contributed by atoms with Crippen LogP contribution < -0.4 is 4.90 Å². The van der Waals surface area contributed by atoms with Crippen LogP contribution in [0.25, 0.3) is 66.1 Å². The first-order valence-corrected chi connectivity index (χ1v) is 17.5. The Morgan fingerprint density at radius 3 is 1.45 bits per heavy atom. The average Bonchev–Trinajstić information content (AvgIpc) is 3.22. The molecular weight excluding hydrogens is 615 g/mol. The van der Waals surface area contributed by atoms with Gasteiger partial charge in [0.25, 0.3) is 0 Å². The van der Waals surface area contributed by atoms with E-state index < -0.39 is 0 Å². The molecule has 0 aliphatic carbocycles. The van der Waals surface area contributed by atoms with Crippen LogP contribution in [0, 0.1) is 0 Å². The third-order valence-electron chi connectivity index (χ3n) is 9.87. The van der Waals surface area contributed by atoms with E-state index in [2.05, 4.69) is 217 Å². The maximum Gasteiger partial charge on any atom is 0.0546 e. The zero-order valence-electron chi connectivity index (χ0n) is 28.2. The number of benzene rings is 9. The van der Waals surface area contributed by atoms with Gasteiger partial charge in [-0.2, -0.15) is 0 Å². The number of fused-ring (bicyclic) bond motifs is 3. The predicted molar refractivity (Wildman–Crippen MR) is 218 cm³/mol. The Morgan fingerprint density at radius 1 is 0.275 bits per heavy atom. The maximum atomic E-state index is 2.48. The van der Waals surface area contributed by atoms with E-state index in [-0.39, 0.29) is 0 Å². The molecule has 0 fully saturated rings. The summed E-state index contributed by atoms with van der Waals surface area (Å²) in [5, 5.41) is 4.91. The molecular formula is C50H35N. The molecule has 1 heteroatoms. The van der Waals surface area contributed by atoms with Crippen molar-refractivity contribution >= 4 is 38.6 Å². The van der Waals surface area contributed by atoms with Gasteiger partial charge >= 0.3 is 0 Å². The standard InChI is InChI=1S/C50H35N/c1-4-17-36(18-5-1)37-31-33-41(34-32-37)51(49-35-40-23-10-11-25-43(40)45-26-13-14-27-46(45)49)48-30-16-29-44(39-21-8-3-9-22-39)50(48)47-28-15-12-24-42(47)38-19-6-2-7-20-38/h1-35H. The van der Waals surface area contributed by atoms with Crippen LogP contribution in [0.1, 0.15) is 0 Å². The van der Waals surface area contributed by atoms with Gasteiger partial charge in [0, 0.05) is 16.6 Å². The number of anilines is 3. The van der Waals surface area contributed by atoms with Gasteiger partial charge in [-0.05, 0) is 79.4 Å². The van der Waals surface area contributed by atoms with Gasteiger partial charge in [0.2, 0.25) is 0 Å². The molecule has 0 aromatic heterocycles. The van der Waals surface area contributed by atoms with Crippen molar-refractivity contribution in [1.29, 1.82) is 0 Å². The summed E-state index contributed by atoms with van der Waals surface area (Å²) in [5.41, 5.74) is 12.9. The zero-order valence-corrected chi connectivity index (χ0v) is 28.2. The van der Waals surface area contributed by atoms with Crippen molar-refractivity contribution < 1.29 is 0 Å². The average molecular weight is 650 g/mol. The van der Waals surface area contributed by atoms with Gasteiger partial charge in [-0.3, -0.25) is 0 Å². The van der Waals surface area contributed by atoms with Crippen molar-refractivity contribution in [3.63, 3.8) is 0 Å². The topological polar surface area (TPSA) is 3.24 Å². The fourth-order valence-electron chi connectivity index (χ4n) is 7.50. The summed E-state index contributed by atoms with van der Waals surface area (Å²) in [6.07, 6.45) is 0. The van der Waals surface area contributed by atoms with Crippen LogP contribution in [-0.2, 0) is 0 Å². The van der Waals surface area contributed by atoms with E-state index in [1.807, 2.05) is 0 Å². The molecule has 0 N–H and O–H groups in total. The number of hydrogen-bond acceptors (Lipinski definition) is 1. The maximum absolute atomic E-state index is 2.48. The molecule has 0 amide bonds. The summed E-state index contributed by atoms with van der Waals surface area (Å²) in [7, 11) is 0. The molecule has 0 aliphatic heterocycles. The summed E-state index contributed by atoms with van der Waals surface area (Å²) in [5.74, 6) is 0. The van der Waals surface area contributed by atoms with Crippen LogP contribution in [0.4, 0.5) is 17.1 Å². The molecule has 0 saturated carbocycles. The Labute approximate surface area is 299 Å². The molecule has 9 aromatic rings. The summed E-state index contributed by atoms with van der Waals surface area (Å²) in [6, 6.07) is 76.7. The first kappa shape index (κ1) is 30.4. The van der Waals surface area contributed by atoms with Crippen LogP contribution in [-0.4, -0.2) is 0 Å². The normalized spacial score (nSPS) is 11.1. The first-order chi connectivity index (χ1) is 25.3. The third kappa shape index (κ3) is 5.65. The number of nitrogens with zero attached hydrogens (tertiary/aromatic N) is 1. The fraction of sp³-hybridized carbons (Fsp3) is 0. The molecule has 0 saturated heterocycles. The SMILES string of the molecule is c1ccc(-c2ccc(N(c3cccc(-c4ccccc4)c3-c3ccccc3-c3ccccc3)c3cc4ccccc4c4ccccc34)cc2)cc1. The molecule has 240 valence electrons. The summed E-state index contributed by atoms with van der Waals surface area (Å²) in [6.45, 7) is 0. The highest BCUT2D eigenvalue weighted by Crippen LogP contribution is 2.50. The van der Waals surface area contributed by atoms with Crippen molar-refractivity contribution in [3.8, 4) is 44.5 Å². The Hall–Kier alpha value is -6.70. The van der Waals surface area contributed by atoms with Gasteiger partial charge < -0.3 is 4.90 Å². The van der Waals surface area contributed by atoms with E-state index in [0.717, 1.165) is 17.1 Å². The van der Waals surface area contributed by atoms with E-state index >= 15 is 0 Å². The lowest BCUT2D eigenvalue weighted by Gasteiger charge is -2.31. The Kier molecular flexibility index (Phi) is 7.92. The van der Waals surface area contributed by atoms with Crippen LogP contribution in [0.3, 0.4) is 0 Å². The Bertz CT molecular complexity index is 2610. The zero-order chi connectivity index (χ0) is 34.0. The van der Waals surface area contributed by atoms with Crippen molar-refractivity contribution in [2.24, 2.45) is 0 Å². The highest BCUT2D eigenvalue weighted by atomic mass is 15.1. The first-order valence-electron chi connectivity index (χ1n) is 17.5. The van der Waals surface area contributed by atoms with Crippen molar-refractivity contribution in [1.82, 2.24) is 0 Å². The quantitative estimate of drug-likeness (QED) is 0.155. The van der Waals surface area contributed by atoms with Gasteiger partial charge in [0.1, 0.15) is 0 Å². The van der Waals surface area contributed by atoms with Crippen LogP contribution in [0.15, 0.2) is 212 Å². The molecule has 0 bridgehead atoms. The van der Waals surface area contributed by atoms with E-state index in [1.165, 1.54) is 66.1 Å². The molecule has 9 rings (SSSR count). The molecule has 0 heterocycles. The van der Waals surface area contributed by atoms with Crippen molar-refractivity contribution in [2.75, 3.05) is 4.90 Å². The molecule has 51 heavy (non-hydrogen) atoms. The van der Waals surface area contributed by atoms with Gasteiger partial charge in [-0.15, -0.1) is 0 Å². The van der Waals surface area contributed by atoms with E-state index in [4.69, 9.17) is 0 Å². The van der Waals surface area contributed by atoms with Gasteiger partial charge in [-0.25, -0.2) is 0 Å². The van der Waals surface area contributed by atoms with Crippen LogP contribution in [0.5, 0.6) is 0 Å². The molecule has 9 aromatic carbocycles. The molecule has 0 spiro atoms. The number of hydrogen-bond donors (Lipinski definition) is 0. The predicted octanol–water partition coefficient (Wildman–Crippen LogP) is 14.1. The van der Waals surface area contributed by atoms with Crippen molar-refractivity contribution in [2.45, 2.75) is 0 Å². The summed E-state index contributed by atoms with van der Waals surface area (Å²) < 4.78 is 0. The number of rotatable bonds is 7. The minimum absolute atomic E-state index is 1.10. The van der Waals surface area contributed by atoms with Gasteiger partial charge in [-0.1, -0.05) is 188 Å². The molecule has 0 aliphatic rings. The second kappa shape index (κ2) is 13.3. The summed E-state index contributed by atoms with van der Waals surface area (Å²) >= 11 is 0. The molecule has 1 nitrogen and oxygen atoms in total. The Morgan fingerprint density at radius 2 is 0.765 bits per heavy atom. The molecule has 0 radical (unpaired) electrons. The second-order valence-corrected chi connectivity index (χ2v) is 12.9. The van der Waals surface area contributed by atoms with Crippen molar-refractivity contribution in [3.05, 3.63) is 212 Å². The van der Waals surface area contributed by atoms with Gasteiger partial charge in [0.05, 0.1) is 11.4 Å². The van der Waals surface area contributed by atoms with E-state index in [9.17, 15) is 0 Å². The van der Waals surface area contributed by atoms with Gasteiger partial charge in [0.15, 0.2) is 0 Å². The molecule has 0 atom stereocenters. The monoisotopic (exact) mass is 649 g/mol. The summed E-state index contributed by atoms with van der Waals surface area (Å²) in [4.78, 5) is 2.48. The third-order valence-corrected chi connectivity index (χ3v) is 9.87. The minimum Gasteiger partial charge on any atom is -0.309 e. The fourth-order valence-corrected chi connectivity index (χ4v) is 7.50. The smallest absolute Gasteiger partial charge is 0.0546 e. The van der Waals surface area contributed by atoms with Crippen LogP contribution in [0.2, 0.25) is 0 Å².